The summed E-state index contributed by atoms with van der Waals surface area (Å²) in [6.45, 7) is 5.30. The van der Waals surface area contributed by atoms with Gasteiger partial charge in [0.25, 0.3) is 0 Å². The average Bonchev–Trinajstić information content (AvgIpc) is 3.24. The van der Waals surface area contributed by atoms with Gasteiger partial charge in [-0.15, -0.1) is 0 Å². The summed E-state index contributed by atoms with van der Waals surface area (Å²) in [5.74, 6) is 1.58. The van der Waals surface area contributed by atoms with Gasteiger partial charge in [-0.1, -0.05) is 19.1 Å². The van der Waals surface area contributed by atoms with Crippen LogP contribution in [0.25, 0.3) is 0 Å². The molecule has 3 aliphatic carbocycles. The van der Waals surface area contributed by atoms with E-state index >= 15 is 0 Å². The molecule has 4 aliphatic rings. The monoisotopic (exact) mass is 519 g/mol. The average molecular weight is 520 g/mol. The van der Waals surface area contributed by atoms with Gasteiger partial charge in [0.15, 0.2) is 0 Å². The van der Waals surface area contributed by atoms with Crippen molar-refractivity contribution in [1.82, 2.24) is 4.98 Å². The molecule has 202 valence electrons. The van der Waals surface area contributed by atoms with Gasteiger partial charge in [-0.3, -0.25) is 4.79 Å². The van der Waals surface area contributed by atoms with Crippen molar-refractivity contribution in [3.8, 4) is 0 Å². The molecule has 7 nitrogen and oxygen atoms in total. The van der Waals surface area contributed by atoms with E-state index in [2.05, 4.69) is 33.3 Å². The third-order valence-corrected chi connectivity index (χ3v) is 9.84. The second kappa shape index (κ2) is 10.3. The SMILES string of the molecule is C[C@]12CCC3c4cccc(F)c4CCC3C1[C@H](CCC(=O)Nc1ccc(N3CCOCC3)cn1)C/C2=N\[O-]. The van der Waals surface area contributed by atoms with Crippen molar-refractivity contribution in [2.24, 2.45) is 28.3 Å². The highest BCUT2D eigenvalue weighted by Crippen LogP contribution is 2.62. The van der Waals surface area contributed by atoms with Gasteiger partial charge in [-0.25, -0.2) is 9.37 Å². The molecule has 1 aromatic carbocycles. The van der Waals surface area contributed by atoms with Crippen molar-refractivity contribution in [1.29, 1.82) is 0 Å². The molecule has 2 heterocycles. The predicted octanol–water partition coefficient (Wildman–Crippen LogP) is 5.50. The quantitative estimate of drug-likeness (QED) is 0.527. The van der Waals surface area contributed by atoms with Gasteiger partial charge in [0.1, 0.15) is 11.6 Å². The summed E-state index contributed by atoms with van der Waals surface area (Å²) in [6, 6.07) is 9.32. The van der Waals surface area contributed by atoms with Gasteiger partial charge in [-0.2, -0.15) is 0 Å². The molecule has 0 radical (unpaired) electrons. The number of benzene rings is 1. The normalized spacial score (nSPS) is 31.4. The van der Waals surface area contributed by atoms with Crippen LogP contribution < -0.4 is 10.2 Å². The van der Waals surface area contributed by atoms with Crippen LogP contribution in [0.5, 0.6) is 0 Å². The summed E-state index contributed by atoms with van der Waals surface area (Å²) in [5.41, 5.74) is 3.58. The number of hydrogen-bond acceptors (Lipinski definition) is 6. The van der Waals surface area contributed by atoms with E-state index in [1.54, 1.807) is 12.3 Å². The second-order valence-electron chi connectivity index (χ2n) is 11.7. The minimum atomic E-state index is -0.230. The molecule has 1 saturated heterocycles. The van der Waals surface area contributed by atoms with Gasteiger partial charge in [0.2, 0.25) is 5.91 Å². The lowest BCUT2D eigenvalue weighted by atomic mass is 9.54. The molecule has 1 amide bonds. The number of pyridine rings is 1. The summed E-state index contributed by atoms with van der Waals surface area (Å²) < 4.78 is 20.0. The standard InChI is InChI=1S/C30H37FN4O3/c1-30-12-11-22-21-3-2-4-25(31)23(21)7-8-24(22)29(30)19(17-26(30)34-37)5-10-28(36)33-27-9-6-20(18-32-27)35-13-15-38-16-14-35/h2-4,6,9,18-19,22,24,29,37H,5,7-8,10-17H2,1H3,(H,32,33,36)/p-1/b34-26+/t19-,22?,24?,29?,30-/m1/s1. The fourth-order valence-electron chi connectivity index (χ4n) is 8.05. The molecule has 1 aromatic heterocycles. The zero-order valence-electron chi connectivity index (χ0n) is 22.0. The van der Waals surface area contributed by atoms with E-state index in [0.717, 1.165) is 61.3 Å². The maximum atomic E-state index is 14.6. The lowest BCUT2D eigenvalue weighted by Crippen LogP contribution is -2.44. The molecule has 3 fully saturated rings. The van der Waals surface area contributed by atoms with Crippen LogP contribution in [0.4, 0.5) is 15.9 Å². The Bertz CT molecular complexity index is 1210. The number of rotatable bonds is 5. The Balaban J connectivity index is 1.13. The summed E-state index contributed by atoms with van der Waals surface area (Å²) in [6.07, 6.45) is 7.03. The van der Waals surface area contributed by atoms with E-state index in [-0.39, 0.29) is 29.0 Å². The third kappa shape index (κ3) is 4.46. The maximum absolute atomic E-state index is 14.6. The molecular weight excluding hydrogens is 483 g/mol. The molecular formula is C30H36FN4O3-. The fraction of sp³-hybridized carbons (Fsp3) is 0.567. The Kier molecular flexibility index (Phi) is 6.84. The molecule has 1 aliphatic heterocycles. The Morgan fingerprint density at radius 1 is 1.26 bits per heavy atom. The minimum absolute atomic E-state index is 0.0609. The number of morpholine rings is 1. The predicted molar refractivity (Wildman–Crippen MR) is 146 cm³/mol. The van der Waals surface area contributed by atoms with Crippen molar-refractivity contribution in [3.63, 3.8) is 0 Å². The van der Waals surface area contributed by atoms with Crippen LogP contribution in [0.2, 0.25) is 0 Å². The molecule has 3 unspecified atom stereocenters. The lowest BCUT2D eigenvalue weighted by molar-refractivity contribution is -0.116. The summed E-state index contributed by atoms with van der Waals surface area (Å²) in [7, 11) is 0. The largest absolute Gasteiger partial charge is 0.792 e. The van der Waals surface area contributed by atoms with Gasteiger partial charge in [-0.05, 0) is 91.5 Å². The van der Waals surface area contributed by atoms with Crippen LogP contribution >= 0.6 is 0 Å². The van der Waals surface area contributed by atoms with E-state index in [9.17, 15) is 14.4 Å². The van der Waals surface area contributed by atoms with Crippen LogP contribution in [-0.2, 0) is 16.0 Å². The smallest absolute Gasteiger partial charge is 0.225 e. The van der Waals surface area contributed by atoms with Crippen LogP contribution in [0.1, 0.15) is 62.5 Å². The van der Waals surface area contributed by atoms with Crippen molar-refractivity contribution >= 4 is 23.1 Å². The number of ether oxygens (including phenoxy) is 1. The first-order valence-electron chi connectivity index (χ1n) is 14.0. The van der Waals surface area contributed by atoms with E-state index in [1.807, 2.05) is 18.2 Å². The summed E-state index contributed by atoms with van der Waals surface area (Å²) in [5, 5.41) is 18.4. The number of aromatic nitrogens is 1. The highest BCUT2D eigenvalue weighted by atomic mass is 19.1. The molecule has 2 saturated carbocycles. The number of halogens is 1. The molecule has 8 heteroatoms. The molecule has 5 atom stereocenters. The zero-order valence-corrected chi connectivity index (χ0v) is 22.0. The lowest BCUT2D eigenvalue weighted by Gasteiger charge is -2.50. The summed E-state index contributed by atoms with van der Waals surface area (Å²) >= 11 is 0. The molecule has 0 spiro atoms. The van der Waals surface area contributed by atoms with Crippen LogP contribution in [0.15, 0.2) is 41.7 Å². The number of nitrogens with one attached hydrogen (secondary N) is 1. The Labute approximate surface area is 223 Å². The minimum Gasteiger partial charge on any atom is -0.792 e. The van der Waals surface area contributed by atoms with Gasteiger partial charge < -0.3 is 25.3 Å². The number of fused-ring (bicyclic) bond motifs is 5. The van der Waals surface area contributed by atoms with Crippen LogP contribution in [-0.4, -0.2) is 42.9 Å². The first-order chi connectivity index (χ1) is 18.5. The molecule has 1 N–H and O–H groups in total. The number of amides is 1. The second-order valence-corrected chi connectivity index (χ2v) is 11.7. The first kappa shape index (κ1) is 25.3. The topological polar surface area (TPSA) is 89.9 Å². The van der Waals surface area contributed by atoms with E-state index in [0.29, 0.717) is 50.1 Å². The molecule has 2 aromatic rings. The summed E-state index contributed by atoms with van der Waals surface area (Å²) in [4.78, 5) is 19.6. The number of carbonyl (C=O) groups is 1. The third-order valence-electron chi connectivity index (χ3n) is 9.84. The van der Waals surface area contributed by atoms with Gasteiger partial charge >= 0.3 is 0 Å². The fourth-order valence-corrected chi connectivity index (χ4v) is 8.05. The van der Waals surface area contributed by atoms with E-state index in [4.69, 9.17) is 4.74 Å². The Hall–Kier alpha value is -3.00. The number of hydrogen-bond donors (Lipinski definition) is 1. The van der Waals surface area contributed by atoms with Crippen molar-refractivity contribution < 1.29 is 13.9 Å². The van der Waals surface area contributed by atoms with E-state index in [1.165, 1.54) is 0 Å². The van der Waals surface area contributed by atoms with Crippen LogP contribution in [0, 0.1) is 34.2 Å². The number of nitrogens with zero attached hydrogens (tertiary/aromatic N) is 3. The highest BCUT2D eigenvalue weighted by molar-refractivity contribution is 5.93. The highest BCUT2D eigenvalue weighted by Gasteiger charge is 2.57. The maximum Gasteiger partial charge on any atom is 0.225 e. The Morgan fingerprint density at radius 2 is 2.11 bits per heavy atom. The number of carbonyl (C=O) groups excluding carboxylic acids is 1. The van der Waals surface area contributed by atoms with E-state index < -0.39 is 0 Å². The zero-order chi connectivity index (χ0) is 26.3. The molecule has 0 bridgehead atoms. The molecule has 38 heavy (non-hydrogen) atoms. The van der Waals surface area contributed by atoms with Crippen LogP contribution in [0.3, 0.4) is 0 Å². The van der Waals surface area contributed by atoms with Crippen molar-refractivity contribution in [3.05, 3.63) is 58.7 Å². The molecule has 6 rings (SSSR count). The Morgan fingerprint density at radius 3 is 2.87 bits per heavy atom. The van der Waals surface area contributed by atoms with Gasteiger partial charge in [0, 0.05) is 30.6 Å². The number of anilines is 2. The first-order valence-corrected chi connectivity index (χ1v) is 14.0. The van der Waals surface area contributed by atoms with Crippen molar-refractivity contribution in [2.45, 2.75) is 57.8 Å². The van der Waals surface area contributed by atoms with Crippen molar-refractivity contribution in [2.75, 3.05) is 36.5 Å². The van der Waals surface area contributed by atoms with Gasteiger partial charge in [0.05, 0.1) is 25.1 Å².